The summed E-state index contributed by atoms with van der Waals surface area (Å²) in [6, 6.07) is 13.9. The number of ether oxygens (including phenoxy) is 3. The minimum atomic E-state index is -0.167. The van der Waals surface area contributed by atoms with Crippen LogP contribution in [-0.4, -0.2) is 51.3 Å². The van der Waals surface area contributed by atoms with Crippen molar-refractivity contribution >= 4 is 5.91 Å². The highest BCUT2D eigenvalue weighted by molar-refractivity contribution is 5.98. The number of rotatable bonds is 7. The maximum Gasteiger partial charge on any atom is 0.255 e. The monoisotopic (exact) mass is 370 g/mol. The van der Waals surface area contributed by atoms with Gasteiger partial charge in [0.1, 0.15) is 0 Å². The molecule has 3 rings (SSSR count). The summed E-state index contributed by atoms with van der Waals surface area (Å²) < 4.78 is 16.1. The largest absolute Gasteiger partial charge is 0.493 e. The van der Waals surface area contributed by atoms with Gasteiger partial charge in [-0.15, -0.1) is 0 Å². The zero-order valence-corrected chi connectivity index (χ0v) is 16.0. The van der Waals surface area contributed by atoms with Crippen LogP contribution in [0.25, 0.3) is 0 Å². The summed E-state index contributed by atoms with van der Waals surface area (Å²) in [4.78, 5) is 15.2. The lowest BCUT2D eigenvalue weighted by molar-refractivity contribution is 0.0934. The van der Waals surface area contributed by atoms with E-state index in [1.165, 1.54) is 19.8 Å². The van der Waals surface area contributed by atoms with E-state index in [0.29, 0.717) is 22.8 Å². The Labute approximate surface area is 160 Å². The van der Waals surface area contributed by atoms with Crippen LogP contribution in [0.1, 0.15) is 22.3 Å². The number of hydrogen-bond acceptors (Lipinski definition) is 5. The number of benzene rings is 2. The van der Waals surface area contributed by atoms with Crippen molar-refractivity contribution in [2.75, 3.05) is 34.4 Å². The fraction of sp³-hybridized carbons (Fsp3) is 0.381. The number of methoxy groups -OCH3 is 3. The lowest BCUT2D eigenvalue weighted by Gasteiger charge is -2.18. The highest BCUT2D eigenvalue weighted by Crippen LogP contribution is 2.39. The Kier molecular flexibility index (Phi) is 6.19. The molecule has 0 bridgehead atoms. The number of carbonyl (C=O) groups excluding carboxylic acids is 1. The Morgan fingerprint density at radius 3 is 2.44 bits per heavy atom. The zero-order chi connectivity index (χ0) is 19.2. The van der Waals surface area contributed by atoms with Crippen LogP contribution in [0.4, 0.5) is 0 Å². The van der Waals surface area contributed by atoms with Crippen molar-refractivity contribution < 1.29 is 19.0 Å². The molecule has 1 atom stereocenters. The highest BCUT2D eigenvalue weighted by atomic mass is 16.5. The van der Waals surface area contributed by atoms with Gasteiger partial charge in [0.2, 0.25) is 5.75 Å². The fourth-order valence-electron chi connectivity index (χ4n) is 3.48. The summed E-state index contributed by atoms with van der Waals surface area (Å²) in [7, 11) is 4.60. The summed E-state index contributed by atoms with van der Waals surface area (Å²) in [5.74, 6) is 1.17. The SMILES string of the molecule is COc1ccc(C(=O)NC2CCN(Cc3ccccc3)C2)c(OC)c1OC. The van der Waals surface area contributed by atoms with Crippen molar-refractivity contribution in [3.05, 3.63) is 53.6 Å². The van der Waals surface area contributed by atoms with E-state index in [1.54, 1.807) is 19.2 Å². The number of hydrogen-bond donors (Lipinski definition) is 1. The van der Waals surface area contributed by atoms with Crippen LogP contribution in [0.2, 0.25) is 0 Å². The van der Waals surface area contributed by atoms with E-state index >= 15 is 0 Å². The molecular weight excluding hydrogens is 344 g/mol. The van der Waals surface area contributed by atoms with Gasteiger partial charge in [-0.3, -0.25) is 9.69 Å². The summed E-state index contributed by atoms with van der Waals surface area (Å²) in [6.07, 6.45) is 0.925. The Hall–Kier alpha value is -2.73. The quantitative estimate of drug-likeness (QED) is 0.812. The Balaban J connectivity index is 1.66. The highest BCUT2D eigenvalue weighted by Gasteiger charge is 2.27. The average molecular weight is 370 g/mol. The van der Waals surface area contributed by atoms with Crippen LogP contribution in [0.3, 0.4) is 0 Å². The molecule has 1 aliphatic heterocycles. The van der Waals surface area contributed by atoms with Crippen LogP contribution in [0, 0.1) is 0 Å². The van der Waals surface area contributed by atoms with Gasteiger partial charge in [0.25, 0.3) is 5.91 Å². The van der Waals surface area contributed by atoms with Gasteiger partial charge in [-0.25, -0.2) is 0 Å². The third-order valence-electron chi connectivity index (χ3n) is 4.81. The van der Waals surface area contributed by atoms with Gasteiger partial charge in [0.05, 0.1) is 26.9 Å². The molecule has 144 valence electrons. The Morgan fingerprint density at radius 2 is 1.78 bits per heavy atom. The number of carbonyl (C=O) groups is 1. The molecule has 1 fully saturated rings. The molecule has 2 aromatic carbocycles. The van der Waals surface area contributed by atoms with E-state index in [1.807, 2.05) is 18.2 Å². The molecule has 0 aromatic heterocycles. The molecule has 1 unspecified atom stereocenters. The van der Waals surface area contributed by atoms with Crippen molar-refractivity contribution in [2.24, 2.45) is 0 Å². The molecule has 0 saturated carbocycles. The van der Waals surface area contributed by atoms with E-state index < -0.39 is 0 Å². The fourth-order valence-corrected chi connectivity index (χ4v) is 3.48. The molecule has 1 heterocycles. The molecule has 0 aliphatic carbocycles. The Bertz CT molecular complexity index is 779. The number of likely N-dealkylation sites (tertiary alicyclic amines) is 1. The average Bonchev–Trinajstić information content (AvgIpc) is 3.13. The lowest BCUT2D eigenvalue weighted by Crippen LogP contribution is -2.37. The first kappa shape index (κ1) is 19.0. The van der Waals surface area contributed by atoms with E-state index in [2.05, 4.69) is 22.3 Å². The van der Waals surface area contributed by atoms with Crippen LogP contribution in [0.5, 0.6) is 17.2 Å². The van der Waals surface area contributed by atoms with Crippen LogP contribution >= 0.6 is 0 Å². The summed E-state index contributed by atoms with van der Waals surface area (Å²) in [5, 5.41) is 3.12. The Morgan fingerprint density at radius 1 is 1.04 bits per heavy atom. The van der Waals surface area contributed by atoms with Crippen LogP contribution in [-0.2, 0) is 6.54 Å². The standard InChI is InChI=1S/C21H26N2O4/c1-25-18-10-9-17(19(26-2)20(18)27-3)21(24)22-16-11-12-23(14-16)13-15-7-5-4-6-8-15/h4-10,16H,11-14H2,1-3H3,(H,22,24). The van der Waals surface area contributed by atoms with Gasteiger partial charge >= 0.3 is 0 Å². The molecule has 1 N–H and O–H groups in total. The smallest absolute Gasteiger partial charge is 0.255 e. The molecule has 27 heavy (non-hydrogen) atoms. The van der Waals surface area contributed by atoms with E-state index in [4.69, 9.17) is 14.2 Å². The molecular formula is C21H26N2O4. The predicted octanol–water partition coefficient (Wildman–Crippen LogP) is 2.72. The van der Waals surface area contributed by atoms with Gasteiger partial charge < -0.3 is 19.5 Å². The molecule has 2 aromatic rings. The minimum Gasteiger partial charge on any atom is -0.493 e. The number of nitrogens with zero attached hydrogens (tertiary/aromatic N) is 1. The molecule has 0 spiro atoms. The first-order valence-electron chi connectivity index (χ1n) is 9.02. The van der Waals surface area contributed by atoms with Gasteiger partial charge in [-0.2, -0.15) is 0 Å². The van der Waals surface area contributed by atoms with Crippen molar-refractivity contribution in [2.45, 2.75) is 19.0 Å². The molecule has 1 amide bonds. The number of amides is 1. The maximum atomic E-state index is 12.8. The van der Waals surface area contributed by atoms with E-state index in [9.17, 15) is 4.79 Å². The van der Waals surface area contributed by atoms with Crippen molar-refractivity contribution in [1.29, 1.82) is 0 Å². The van der Waals surface area contributed by atoms with Crippen LogP contribution < -0.4 is 19.5 Å². The summed E-state index contributed by atoms with van der Waals surface area (Å²) in [5.41, 5.74) is 1.72. The predicted molar refractivity (Wildman–Crippen MR) is 104 cm³/mol. The topological polar surface area (TPSA) is 60.0 Å². The number of nitrogens with one attached hydrogen (secondary N) is 1. The second-order valence-electron chi connectivity index (χ2n) is 6.56. The maximum absolute atomic E-state index is 12.8. The third-order valence-corrected chi connectivity index (χ3v) is 4.81. The first-order valence-corrected chi connectivity index (χ1v) is 9.02. The summed E-state index contributed by atoms with van der Waals surface area (Å²) in [6.45, 7) is 2.69. The second-order valence-corrected chi connectivity index (χ2v) is 6.56. The molecule has 6 nitrogen and oxygen atoms in total. The third kappa shape index (κ3) is 4.34. The van der Waals surface area contributed by atoms with Gasteiger partial charge in [-0.05, 0) is 24.1 Å². The molecule has 6 heteroatoms. The van der Waals surface area contributed by atoms with E-state index in [0.717, 1.165) is 26.1 Å². The van der Waals surface area contributed by atoms with Gasteiger partial charge in [0, 0.05) is 25.7 Å². The van der Waals surface area contributed by atoms with Crippen molar-refractivity contribution in [3.63, 3.8) is 0 Å². The first-order chi connectivity index (χ1) is 13.2. The summed E-state index contributed by atoms with van der Waals surface area (Å²) >= 11 is 0. The lowest BCUT2D eigenvalue weighted by atomic mass is 10.1. The van der Waals surface area contributed by atoms with Gasteiger partial charge in [0.15, 0.2) is 11.5 Å². The van der Waals surface area contributed by atoms with Crippen LogP contribution in [0.15, 0.2) is 42.5 Å². The molecule has 1 aliphatic rings. The van der Waals surface area contributed by atoms with Crippen molar-refractivity contribution in [3.8, 4) is 17.2 Å². The zero-order valence-electron chi connectivity index (χ0n) is 16.0. The van der Waals surface area contributed by atoms with Gasteiger partial charge in [-0.1, -0.05) is 30.3 Å². The normalized spacial score (nSPS) is 16.8. The molecule has 0 radical (unpaired) electrons. The molecule has 1 saturated heterocycles. The van der Waals surface area contributed by atoms with E-state index in [-0.39, 0.29) is 11.9 Å². The second kappa shape index (κ2) is 8.77. The minimum absolute atomic E-state index is 0.110. The van der Waals surface area contributed by atoms with Crippen molar-refractivity contribution in [1.82, 2.24) is 10.2 Å².